The molecule has 1 aromatic heterocycles. The van der Waals surface area contributed by atoms with Crippen LogP contribution in [0.25, 0.3) is 11.0 Å². The zero-order chi connectivity index (χ0) is 8.72. The first-order valence-electron chi connectivity index (χ1n) is 4.36. The molecule has 0 radical (unpaired) electrons. The summed E-state index contributed by atoms with van der Waals surface area (Å²) < 4.78 is 4.46. The van der Waals surface area contributed by atoms with Crippen LogP contribution in [0.1, 0.15) is 12.5 Å². The molecule has 2 rings (SSSR count). The van der Waals surface area contributed by atoms with Gasteiger partial charge in [-0.3, -0.25) is 9.36 Å². The molecule has 0 aliphatic heterocycles. The van der Waals surface area contributed by atoms with Crippen LogP contribution in [-0.4, -0.2) is 9.36 Å². The summed E-state index contributed by atoms with van der Waals surface area (Å²) in [5, 5.41) is 0. The number of fused-ring (bicyclic) bond motifs is 1. The molecule has 12 heavy (non-hydrogen) atoms. The van der Waals surface area contributed by atoms with Gasteiger partial charge in [0.05, 0.1) is 11.0 Å². The van der Waals surface area contributed by atoms with Gasteiger partial charge in [-0.05, 0) is 31.5 Å². The molecule has 0 unspecified atom stereocenters. The molecule has 64 valence electrons. The molecule has 0 N–H and O–H groups in total. The Kier molecular flexibility index (Phi) is 1.50. The van der Waals surface area contributed by atoms with Crippen molar-refractivity contribution in [2.45, 2.75) is 20.4 Å². The summed E-state index contributed by atoms with van der Waals surface area (Å²) in [7, 11) is 2.10. The highest BCUT2D eigenvalue weighted by atomic mass is 15.4. The monoisotopic (exact) mass is 162 g/mol. The van der Waals surface area contributed by atoms with Gasteiger partial charge in [0.25, 0.3) is 0 Å². The SMILES string of the molecule is CCn1c2ccc(C)cc2n1C. The Morgan fingerprint density at radius 3 is 2.67 bits per heavy atom. The van der Waals surface area contributed by atoms with Crippen LogP contribution in [0.3, 0.4) is 0 Å². The van der Waals surface area contributed by atoms with Crippen molar-refractivity contribution in [2.75, 3.05) is 0 Å². The molecule has 2 aromatic rings. The lowest BCUT2D eigenvalue weighted by atomic mass is 10.2. The molecule has 0 bridgehead atoms. The molecule has 0 aliphatic rings. The van der Waals surface area contributed by atoms with E-state index in [1.165, 1.54) is 16.6 Å². The first-order valence-corrected chi connectivity index (χ1v) is 4.36. The zero-order valence-electron chi connectivity index (χ0n) is 7.83. The van der Waals surface area contributed by atoms with E-state index in [1.807, 2.05) is 0 Å². The van der Waals surface area contributed by atoms with Gasteiger partial charge in [0.15, 0.2) is 0 Å². The molecule has 2 nitrogen and oxygen atoms in total. The summed E-state index contributed by atoms with van der Waals surface area (Å²) >= 11 is 0. The summed E-state index contributed by atoms with van der Waals surface area (Å²) in [5.74, 6) is 0. The smallest absolute Gasteiger partial charge is 0.0826 e. The van der Waals surface area contributed by atoms with Gasteiger partial charge < -0.3 is 0 Å². The third kappa shape index (κ3) is 0.809. The van der Waals surface area contributed by atoms with Gasteiger partial charge in [-0.15, -0.1) is 0 Å². The average molecular weight is 162 g/mol. The highest BCUT2D eigenvalue weighted by Gasteiger charge is 2.07. The van der Waals surface area contributed by atoms with Crippen LogP contribution in [0.2, 0.25) is 0 Å². The van der Waals surface area contributed by atoms with Gasteiger partial charge in [0.1, 0.15) is 0 Å². The highest BCUT2D eigenvalue weighted by molar-refractivity contribution is 5.78. The number of aromatic nitrogens is 2. The first-order chi connectivity index (χ1) is 5.74. The third-order valence-corrected chi connectivity index (χ3v) is 2.42. The number of hydrogen-bond acceptors (Lipinski definition) is 0. The summed E-state index contributed by atoms with van der Waals surface area (Å²) in [6.45, 7) is 5.34. The molecular formula is C10H14N2. The van der Waals surface area contributed by atoms with E-state index in [0.717, 1.165) is 6.54 Å². The Bertz CT molecular complexity index is 407. The number of aryl methyl sites for hydroxylation is 3. The normalized spacial score (nSPS) is 11.2. The minimum Gasteiger partial charge on any atom is -0.286 e. The van der Waals surface area contributed by atoms with Crippen molar-refractivity contribution >= 4 is 11.0 Å². The molecule has 0 amide bonds. The lowest BCUT2D eigenvalue weighted by molar-refractivity contribution is 0.529. The second kappa shape index (κ2) is 2.41. The fourth-order valence-electron chi connectivity index (χ4n) is 1.74. The maximum Gasteiger partial charge on any atom is 0.0826 e. The summed E-state index contributed by atoms with van der Waals surface area (Å²) in [5.41, 5.74) is 4.03. The van der Waals surface area contributed by atoms with Crippen LogP contribution < -0.4 is 0 Å². The summed E-state index contributed by atoms with van der Waals surface area (Å²) in [6, 6.07) is 6.57. The van der Waals surface area contributed by atoms with E-state index >= 15 is 0 Å². The highest BCUT2D eigenvalue weighted by Crippen LogP contribution is 2.19. The molecule has 0 atom stereocenters. The predicted molar refractivity (Wildman–Crippen MR) is 51.3 cm³/mol. The lowest BCUT2D eigenvalue weighted by Crippen LogP contribution is -2.19. The maximum atomic E-state index is 2.26. The molecule has 0 aliphatic carbocycles. The quantitative estimate of drug-likeness (QED) is 0.609. The largest absolute Gasteiger partial charge is 0.286 e. The summed E-state index contributed by atoms with van der Waals surface area (Å²) in [6.07, 6.45) is 0. The lowest BCUT2D eigenvalue weighted by Gasteiger charge is -2.22. The van der Waals surface area contributed by atoms with Crippen molar-refractivity contribution in [1.82, 2.24) is 9.36 Å². The Labute approximate surface area is 72.4 Å². The third-order valence-electron chi connectivity index (χ3n) is 2.42. The van der Waals surface area contributed by atoms with Crippen LogP contribution in [0.5, 0.6) is 0 Å². The van der Waals surface area contributed by atoms with Crippen LogP contribution in [0, 0.1) is 6.92 Å². The second-order valence-electron chi connectivity index (χ2n) is 3.23. The van der Waals surface area contributed by atoms with Crippen molar-refractivity contribution in [3.8, 4) is 0 Å². The molecule has 0 saturated heterocycles. The van der Waals surface area contributed by atoms with Crippen LogP contribution in [0.15, 0.2) is 18.2 Å². The van der Waals surface area contributed by atoms with Crippen molar-refractivity contribution < 1.29 is 0 Å². The zero-order valence-corrected chi connectivity index (χ0v) is 7.83. The van der Waals surface area contributed by atoms with Gasteiger partial charge in [0, 0.05) is 13.6 Å². The van der Waals surface area contributed by atoms with Crippen molar-refractivity contribution in [3.63, 3.8) is 0 Å². The number of rotatable bonds is 1. The van der Waals surface area contributed by atoms with E-state index in [2.05, 4.69) is 48.5 Å². The average Bonchev–Trinajstić information content (AvgIpc) is 2.07. The minimum atomic E-state index is 1.05. The second-order valence-corrected chi connectivity index (χ2v) is 3.23. The van der Waals surface area contributed by atoms with E-state index in [1.54, 1.807) is 0 Å². The Balaban J connectivity index is 2.66. The van der Waals surface area contributed by atoms with Crippen LogP contribution in [-0.2, 0) is 13.6 Å². The van der Waals surface area contributed by atoms with E-state index in [4.69, 9.17) is 0 Å². The van der Waals surface area contributed by atoms with Gasteiger partial charge >= 0.3 is 0 Å². The van der Waals surface area contributed by atoms with E-state index in [0.29, 0.717) is 0 Å². The molecule has 0 fully saturated rings. The van der Waals surface area contributed by atoms with Gasteiger partial charge in [-0.2, -0.15) is 0 Å². The Morgan fingerprint density at radius 2 is 2.00 bits per heavy atom. The molecule has 2 heteroatoms. The number of hydrogen-bond donors (Lipinski definition) is 0. The van der Waals surface area contributed by atoms with Crippen LogP contribution >= 0.6 is 0 Å². The fourth-order valence-corrected chi connectivity index (χ4v) is 1.74. The molecular weight excluding hydrogens is 148 g/mol. The minimum absolute atomic E-state index is 1.05. The number of benzene rings is 1. The predicted octanol–water partition coefficient (Wildman–Crippen LogP) is 2.31. The first kappa shape index (κ1) is 7.47. The van der Waals surface area contributed by atoms with E-state index in [9.17, 15) is 0 Å². The molecule has 0 saturated carbocycles. The van der Waals surface area contributed by atoms with Gasteiger partial charge in [-0.25, -0.2) is 0 Å². The number of nitrogens with zero attached hydrogens (tertiary/aromatic N) is 2. The Hall–Kier alpha value is -1.18. The van der Waals surface area contributed by atoms with Gasteiger partial charge in [-0.1, -0.05) is 6.07 Å². The van der Waals surface area contributed by atoms with Crippen molar-refractivity contribution in [3.05, 3.63) is 23.8 Å². The molecule has 0 spiro atoms. The van der Waals surface area contributed by atoms with E-state index in [-0.39, 0.29) is 0 Å². The van der Waals surface area contributed by atoms with Gasteiger partial charge in [0.2, 0.25) is 0 Å². The molecule has 1 aromatic carbocycles. The standard InChI is InChI=1S/C10H14N2/c1-4-12-9-6-5-8(2)7-10(9)11(12)3/h5-7H,4H2,1-3H3. The van der Waals surface area contributed by atoms with E-state index < -0.39 is 0 Å². The van der Waals surface area contributed by atoms with Crippen molar-refractivity contribution in [1.29, 1.82) is 0 Å². The fraction of sp³-hybridized carbons (Fsp3) is 0.400. The maximum absolute atomic E-state index is 2.26. The molecule has 1 heterocycles. The van der Waals surface area contributed by atoms with Crippen LogP contribution in [0.4, 0.5) is 0 Å². The topological polar surface area (TPSA) is 9.86 Å². The van der Waals surface area contributed by atoms with Crippen molar-refractivity contribution in [2.24, 2.45) is 7.05 Å². The summed E-state index contributed by atoms with van der Waals surface area (Å²) in [4.78, 5) is 0. The Morgan fingerprint density at radius 1 is 1.25 bits per heavy atom.